The van der Waals surface area contributed by atoms with Crippen molar-refractivity contribution in [1.82, 2.24) is 5.32 Å². The van der Waals surface area contributed by atoms with Gasteiger partial charge in [-0.25, -0.2) is 0 Å². The van der Waals surface area contributed by atoms with Crippen LogP contribution >= 0.6 is 15.9 Å². The monoisotopic (exact) mass is 281 g/mol. The van der Waals surface area contributed by atoms with Crippen LogP contribution in [0, 0.1) is 12.8 Å². The highest BCUT2D eigenvalue weighted by molar-refractivity contribution is 9.10. The second kappa shape index (κ2) is 4.58. The Hall–Kier alpha value is -0.830. The molecule has 86 valence electrons. The van der Waals surface area contributed by atoms with E-state index in [0.29, 0.717) is 12.0 Å². The summed E-state index contributed by atoms with van der Waals surface area (Å²) in [6.45, 7) is 4.13. The van der Waals surface area contributed by atoms with Crippen molar-refractivity contribution in [3.8, 4) is 0 Å². The lowest BCUT2D eigenvalue weighted by Gasteiger charge is -2.08. The third kappa shape index (κ3) is 2.29. The number of benzene rings is 1. The number of carbonyl (C=O) groups excluding carboxylic acids is 1. The van der Waals surface area contributed by atoms with E-state index in [1.54, 1.807) is 0 Å². The zero-order valence-corrected chi connectivity index (χ0v) is 11.2. The van der Waals surface area contributed by atoms with E-state index in [9.17, 15) is 4.79 Å². The molecule has 1 amide bonds. The lowest BCUT2D eigenvalue weighted by molar-refractivity contribution is 0.0948. The molecule has 1 N–H and O–H groups in total. The van der Waals surface area contributed by atoms with E-state index in [1.807, 2.05) is 25.1 Å². The summed E-state index contributed by atoms with van der Waals surface area (Å²) in [4.78, 5) is 12.0. The zero-order chi connectivity index (χ0) is 11.7. The summed E-state index contributed by atoms with van der Waals surface area (Å²) in [5.74, 6) is 0.746. The first-order chi connectivity index (χ1) is 7.63. The Bertz CT molecular complexity index is 416. The second-order valence-corrected chi connectivity index (χ2v) is 5.25. The van der Waals surface area contributed by atoms with E-state index in [4.69, 9.17) is 0 Å². The van der Waals surface area contributed by atoms with Gasteiger partial charge >= 0.3 is 0 Å². The van der Waals surface area contributed by atoms with Gasteiger partial charge in [-0.05, 0) is 37.0 Å². The van der Waals surface area contributed by atoms with Gasteiger partial charge in [-0.15, -0.1) is 0 Å². The number of nitrogens with one attached hydrogen (secondary N) is 1. The standard InChI is InChI=1S/C13H16BrNO/c1-3-9-7-12(9)15-13(16)10-5-4-6-11(14)8(10)2/h4-6,9,12H,3,7H2,1-2H3,(H,15,16). The van der Waals surface area contributed by atoms with Crippen molar-refractivity contribution < 1.29 is 4.79 Å². The average Bonchev–Trinajstić information content (AvgIpc) is 3.00. The molecule has 1 fully saturated rings. The van der Waals surface area contributed by atoms with Crippen molar-refractivity contribution >= 4 is 21.8 Å². The highest BCUT2D eigenvalue weighted by Crippen LogP contribution is 2.33. The van der Waals surface area contributed by atoms with Crippen molar-refractivity contribution in [3.05, 3.63) is 33.8 Å². The Kier molecular flexibility index (Phi) is 3.33. The minimum atomic E-state index is 0.0553. The van der Waals surface area contributed by atoms with Gasteiger partial charge in [0, 0.05) is 16.1 Å². The first-order valence-electron chi connectivity index (χ1n) is 5.69. The number of hydrogen-bond donors (Lipinski definition) is 1. The van der Waals surface area contributed by atoms with Gasteiger partial charge in [0.15, 0.2) is 0 Å². The van der Waals surface area contributed by atoms with Crippen LogP contribution in [-0.2, 0) is 0 Å². The minimum absolute atomic E-state index is 0.0553. The largest absolute Gasteiger partial charge is 0.349 e. The number of amides is 1. The Morgan fingerprint density at radius 2 is 2.31 bits per heavy atom. The lowest BCUT2D eigenvalue weighted by atomic mass is 10.1. The highest BCUT2D eigenvalue weighted by Gasteiger charge is 2.36. The summed E-state index contributed by atoms with van der Waals surface area (Å²) in [6, 6.07) is 6.13. The molecule has 1 aliphatic carbocycles. The molecule has 2 atom stereocenters. The normalized spacial score (nSPS) is 22.9. The maximum atomic E-state index is 12.0. The molecule has 1 aliphatic rings. The molecule has 1 saturated carbocycles. The van der Waals surface area contributed by atoms with Crippen LogP contribution in [0.1, 0.15) is 35.7 Å². The minimum Gasteiger partial charge on any atom is -0.349 e. The third-order valence-electron chi connectivity index (χ3n) is 3.28. The zero-order valence-electron chi connectivity index (χ0n) is 9.59. The molecule has 1 aromatic carbocycles. The van der Waals surface area contributed by atoms with Gasteiger partial charge in [0.25, 0.3) is 5.91 Å². The molecule has 0 aliphatic heterocycles. The van der Waals surface area contributed by atoms with Crippen LogP contribution in [0.4, 0.5) is 0 Å². The fourth-order valence-corrected chi connectivity index (χ4v) is 2.34. The molecule has 0 radical (unpaired) electrons. The summed E-state index contributed by atoms with van der Waals surface area (Å²) in [6.07, 6.45) is 2.29. The second-order valence-electron chi connectivity index (χ2n) is 4.40. The maximum Gasteiger partial charge on any atom is 0.251 e. The quantitative estimate of drug-likeness (QED) is 0.905. The van der Waals surface area contributed by atoms with Crippen LogP contribution in [0.2, 0.25) is 0 Å². The summed E-state index contributed by atoms with van der Waals surface area (Å²) < 4.78 is 0.989. The van der Waals surface area contributed by atoms with Crippen LogP contribution in [0.25, 0.3) is 0 Å². The summed E-state index contributed by atoms with van der Waals surface area (Å²) in [7, 11) is 0. The van der Waals surface area contributed by atoms with E-state index < -0.39 is 0 Å². The lowest BCUT2D eigenvalue weighted by Crippen LogP contribution is -2.27. The van der Waals surface area contributed by atoms with E-state index in [0.717, 1.165) is 28.4 Å². The van der Waals surface area contributed by atoms with Crippen LogP contribution in [0.15, 0.2) is 22.7 Å². The Balaban J connectivity index is 2.07. The molecule has 2 rings (SSSR count). The molecular weight excluding hydrogens is 266 g/mol. The highest BCUT2D eigenvalue weighted by atomic mass is 79.9. The number of rotatable bonds is 3. The number of carbonyl (C=O) groups is 1. The molecular formula is C13H16BrNO. The Labute approximate surface area is 105 Å². The molecule has 3 heteroatoms. The fraction of sp³-hybridized carbons (Fsp3) is 0.462. The van der Waals surface area contributed by atoms with E-state index in [-0.39, 0.29) is 5.91 Å². The molecule has 2 nitrogen and oxygen atoms in total. The van der Waals surface area contributed by atoms with Crippen molar-refractivity contribution in [3.63, 3.8) is 0 Å². The maximum absolute atomic E-state index is 12.0. The predicted octanol–water partition coefficient (Wildman–Crippen LogP) is 3.29. The van der Waals surface area contributed by atoms with Gasteiger partial charge in [0.2, 0.25) is 0 Å². The van der Waals surface area contributed by atoms with Gasteiger partial charge in [0.05, 0.1) is 0 Å². The smallest absolute Gasteiger partial charge is 0.251 e. The SMILES string of the molecule is CCC1CC1NC(=O)c1cccc(Br)c1C. The topological polar surface area (TPSA) is 29.1 Å². The average molecular weight is 282 g/mol. The number of hydrogen-bond acceptors (Lipinski definition) is 1. The first kappa shape index (κ1) is 11.6. The molecule has 0 spiro atoms. The molecule has 2 unspecified atom stereocenters. The molecule has 16 heavy (non-hydrogen) atoms. The molecule has 0 bridgehead atoms. The van der Waals surface area contributed by atoms with Crippen molar-refractivity contribution in [2.75, 3.05) is 0 Å². The van der Waals surface area contributed by atoms with Crippen LogP contribution in [0.3, 0.4) is 0 Å². The van der Waals surface area contributed by atoms with Crippen LogP contribution < -0.4 is 5.32 Å². The summed E-state index contributed by atoms with van der Waals surface area (Å²) >= 11 is 3.44. The predicted molar refractivity (Wildman–Crippen MR) is 68.5 cm³/mol. The van der Waals surface area contributed by atoms with E-state index in [2.05, 4.69) is 28.2 Å². The molecule has 0 heterocycles. The Morgan fingerprint density at radius 3 is 2.94 bits per heavy atom. The van der Waals surface area contributed by atoms with Crippen molar-refractivity contribution in [2.45, 2.75) is 32.7 Å². The summed E-state index contributed by atoms with van der Waals surface area (Å²) in [5, 5.41) is 3.08. The van der Waals surface area contributed by atoms with E-state index >= 15 is 0 Å². The van der Waals surface area contributed by atoms with Gasteiger partial charge < -0.3 is 5.32 Å². The van der Waals surface area contributed by atoms with Crippen molar-refractivity contribution in [2.24, 2.45) is 5.92 Å². The molecule has 1 aromatic rings. The fourth-order valence-electron chi connectivity index (χ4n) is 1.98. The van der Waals surface area contributed by atoms with Gasteiger partial charge in [-0.3, -0.25) is 4.79 Å². The van der Waals surface area contributed by atoms with Gasteiger partial charge in [0.1, 0.15) is 0 Å². The molecule has 0 aromatic heterocycles. The van der Waals surface area contributed by atoms with Gasteiger partial charge in [-0.1, -0.05) is 35.3 Å². The van der Waals surface area contributed by atoms with Crippen molar-refractivity contribution in [1.29, 1.82) is 0 Å². The molecule has 0 saturated heterocycles. The van der Waals surface area contributed by atoms with E-state index in [1.165, 1.54) is 0 Å². The first-order valence-corrected chi connectivity index (χ1v) is 6.48. The summed E-state index contributed by atoms with van der Waals surface area (Å²) in [5.41, 5.74) is 1.78. The van der Waals surface area contributed by atoms with Crippen LogP contribution in [0.5, 0.6) is 0 Å². The third-order valence-corrected chi connectivity index (χ3v) is 4.13. The van der Waals surface area contributed by atoms with Gasteiger partial charge in [-0.2, -0.15) is 0 Å². The Morgan fingerprint density at radius 1 is 1.56 bits per heavy atom. The number of halogens is 1. The van der Waals surface area contributed by atoms with Crippen LogP contribution in [-0.4, -0.2) is 11.9 Å².